The molecule has 0 fully saturated rings. The molecule has 452 valence electrons. The molecule has 77 heavy (non-hydrogen) atoms. The lowest BCUT2D eigenvalue weighted by Gasteiger charge is -2.18. The standard InChI is InChI=1S/C71H132O6/c1-4-7-10-13-16-19-22-25-27-29-31-33-34-35-36-37-38-40-41-43-46-49-52-55-58-61-64-70(73)76-67-68(66-75-69(72)63-60-57-54-51-48-45-24-21-18-15-12-9-6-3)77-71(74)65-62-59-56-53-50-47-44-42-39-32-30-28-26-23-20-17-14-11-8-5-2/h9,12,18,21,45,48,68H,4-8,10-11,13-17,19-20,22-44,46-47,49-67H2,1-3H3/b12-9-,21-18-,48-45-. The Morgan fingerprint density at radius 3 is 0.792 bits per heavy atom. The lowest BCUT2D eigenvalue weighted by Crippen LogP contribution is -2.30. The zero-order valence-electron chi connectivity index (χ0n) is 52.0. The van der Waals surface area contributed by atoms with Crippen LogP contribution in [0.3, 0.4) is 0 Å². The van der Waals surface area contributed by atoms with Crippen LogP contribution in [0.15, 0.2) is 36.5 Å². The zero-order chi connectivity index (χ0) is 55.7. The van der Waals surface area contributed by atoms with Gasteiger partial charge >= 0.3 is 17.9 Å². The number of unbranched alkanes of at least 4 members (excludes halogenated alkanes) is 47. The Morgan fingerprint density at radius 2 is 0.506 bits per heavy atom. The quantitative estimate of drug-likeness (QED) is 0.0261. The monoisotopic (exact) mass is 1080 g/mol. The molecule has 6 nitrogen and oxygen atoms in total. The van der Waals surface area contributed by atoms with Crippen LogP contribution >= 0.6 is 0 Å². The van der Waals surface area contributed by atoms with Crippen molar-refractivity contribution in [2.45, 2.75) is 386 Å². The van der Waals surface area contributed by atoms with Gasteiger partial charge in [0.05, 0.1) is 0 Å². The second-order valence-electron chi connectivity index (χ2n) is 23.4. The molecule has 0 aromatic rings. The molecule has 0 aromatic heterocycles. The van der Waals surface area contributed by atoms with Gasteiger partial charge in [0.2, 0.25) is 0 Å². The summed E-state index contributed by atoms with van der Waals surface area (Å²) in [5.41, 5.74) is 0. The third-order valence-electron chi connectivity index (χ3n) is 15.7. The van der Waals surface area contributed by atoms with E-state index in [0.29, 0.717) is 19.3 Å². The molecule has 0 spiro atoms. The van der Waals surface area contributed by atoms with Crippen molar-refractivity contribution in [2.24, 2.45) is 0 Å². The summed E-state index contributed by atoms with van der Waals surface area (Å²) in [6.45, 7) is 6.58. The van der Waals surface area contributed by atoms with E-state index in [-0.39, 0.29) is 31.1 Å². The first-order chi connectivity index (χ1) is 38.0. The van der Waals surface area contributed by atoms with Gasteiger partial charge in [-0.3, -0.25) is 14.4 Å². The predicted molar refractivity (Wildman–Crippen MR) is 335 cm³/mol. The van der Waals surface area contributed by atoms with Gasteiger partial charge in [-0.05, 0) is 51.4 Å². The Labute approximate surface area is 480 Å². The summed E-state index contributed by atoms with van der Waals surface area (Å²) < 4.78 is 16.9. The number of hydrogen-bond donors (Lipinski definition) is 0. The van der Waals surface area contributed by atoms with Crippen molar-refractivity contribution < 1.29 is 28.6 Å². The minimum Gasteiger partial charge on any atom is -0.462 e. The third-order valence-corrected chi connectivity index (χ3v) is 15.7. The molecule has 6 heteroatoms. The van der Waals surface area contributed by atoms with Crippen LogP contribution in [-0.4, -0.2) is 37.2 Å². The molecule has 0 aliphatic carbocycles. The minimum atomic E-state index is -0.781. The first-order valence-electron chi connectivity index (χ1n) is 34.5. The number of allylic oxidation sites excluding steroid dienone is 6. The lowest BCUT2D eigenvalue weighted by molar-refractivity contribution is -0.167. The Morgan fingerprint density at radius 1 is 0.273 bits per heavy atom. The van der Waals surface area contributed by atoms with Crippen molar-refractivity contribution in [1.29, 1.82) is 0 Å². The molecule has 0 aliphatic heterocycles. The number of carbonyl (C=O) groups is 3. The molecule has 0 saturated heterocycles. The number of rotatable bonds is 64. The number of ether oxygens (including phenoxy) is 3. The summed E-state index contributed by atoms with van der Waals surface area (Å²) in [4.78, 5) is 38.3. The minimum absolute atomic E-state index is 0.0758. The molecule has 0 aliphatic rings. The lowest BCUT2D eigenvalue weighted by atomic mass is 10.0. The fourth-order valence-corrected chi connectivity index (χ4v) is 10.5. The van der Waals surface area contributed by atoms with Gasteiger partial charge in [-0.1, -0.05) is 346 Å². The van der Waals surface area contributed by atoms with E-state index in [4.69, 9.17) is 14.2 Å². The Kier molecular flexibility index (Phi) is 64.1. The van der Waals surface area contributed by atoms with Gasteiger partial charge in [0.15, 0.2) is 6.10 Å². The fraction of sp³-hybridized carbons (Fsp3) is 0.873. The zero-order valence-corrected chi connectivity index (χ0v) is 52.0. The summed E-state index contributed by atoms with van der Waals surface area (Å²) in [6.07, 6.45) is 81.8. The van der Waals surface area contributed by atoms with Crippen LogP contribution in [0.5, 0.6) is 0 Å². The maximum atomic E-state index is 12.9. The SMILES string of the molecule is CC/C=C\C/C=C\C/C=C\CCCCCC(=O)OCC(COC(=O)CCCCCCCCCCCCCCCCCCCCCCCCCCCC)OC(=O)CCCCCCCCCCCCCCCCCCCCCC. The Balaban J connectivity index is 4.21. The van der Waals surface area contributed by atoms with Gasteiger partial charge in [0, 0.05) is 19.3 Å². The first-order valence-corrected chi connectivity index (χ1v) is 34.5. The molecule has 0 bridgehead atoms. The van der Waals surface area contributed by atoms with Crippen molar-refractivity contribution >= 4 is 17.9 Å². The van der Waals surface area contributed by atoms with E-state index in [0.717, 1.165) is 83.5 Å². The molecule has 0 aromatic carbocycles. The van der Waals surface area contributed by atoms with Crippen molar-refractivity contribution in [3.05, 3.63) is 36.5 Å². The molecule has 0 saturated carbocycles. The third kappa shape index (κ3) is 64.3. The average molecular weight is 1080 g/mol. The maximum absolute atomic E-state index is 12.9. The van der Waals surface area contributed by atoms with Crippen LogP contribution < -0.4 is 0 Å². The topological polar surface area (TPSA) is 78.9 Å². The van der Waals surface area contributed by atoms with Crippen LogP contribution in [-0.2, 0) is 28.6 Å². The molecule has 1 atom stereocenters. The second kappa shape index (κ2) is 66.1. The molecular formula is C71H132O6. The molecule has 0 heterocycles. The highest BCUT2D eigenvalue weighted by atomic mass is 16.6. The molecule has 0 N–H and O–H groups in total. The Hall–Kier alpha value is -2.37. The Bertz CT molecular complexity index is 1290. The number of esters is 3. The summed E-state index contributed by atoms with van der Waals surface area (Å²) in [5.74, 6) is -0.878. The van der Waals surface area contributed by atoms with Crippen LogP contribution in [0.2, 0.25) is 0 Å². The van der Waals surface area contributed by atoms with E-state index in [1.54, 1.807) is 0 Å². The highest BCUT2D eigenvalue weighted by molar-refractivity contribution is 5.71. The number of carbonyl (C=O) groups excluding carboxylic acids is 3. The van der Waals surface area contributed by atoms with Gasteiger partial charge < -0.3 is 14.2 Å². The van der Waals surface area contributed by atoms with Crippen molar-refractivity contribution in [1.82, 2.24) is 0 Å². The first kappa shape index (κ1) is 74.6. The maximum Gasteiger partial charge on any atom is 0.306 e. The van der Waals surface area contributed by atoms with Crippen LogP contribution in [0.1, 0.15) is 380 Å². The van der Waals surface area contributed by atoms with Crippen LogP contribution in [0.4, 0.5) is 0 Å². The summed E-state index contributed by atoms with van der Waals surface area (Å²) in [6, 6.07) is 0. The van der Waals surface area contributed by atoms with Gasteiger partial charge in [-0.15, -0.1) is 0 Å². The van der Waals surface area contributed by atoms with Crippen LogP contribution in [0.25, 0.3) is 0 Å². The van der Waals surface area contributed by atoms with Gasteiger partial charge in [0.1, 0.15) is 13.2 Å². The van der Waals surface area contributed by atoms with Crippen molar-refractivity contribution in [3.8, 4) is 0 Å². The van der Waals surface area contributed by atoms with E-state index < -0.39 is 6.10 Å². The van der Waals surface area contributed by atoms with E-state index in [9.17, 15) is 14.4 Å². The van der Waals surface area contributed by atoms with Crippen molar-refractivity contribution in [3.63, 3.8) is 0 Å². The molecule has 1 unspecified atom stereocenters. The van der Waals surface area contributed by atoms with Gasteiger partial charge in [-0.25, -0.2) is 0 Å². The predicted octanol–water partition coefficient (Wildman–Crippen LogP) is 23.6. The van der Waals surface area contributed by atoms with E-state index in [1.165, 1.54) is 257 Å². The van der Waals surface area contributed by atoms with Crippen molar-refractivity contribution in [2.75, 3.05) is 13.2 Å². The largest absolute Gasteiger partial charge is 0.462 e. The van der Waals surface area contributed by atoms with E-state index >= 15 is 0 Å². The average Bonchev–Trinajstić information content (AvgIpc) is 3.43. The smallest absolute Gasteiger partial charge is 0.306 e. The summed E-state index contributed by atoms with van der Waals surface area (Å²) >= 11 is 0. The van der Waals surface area contributed by atoms with E-state index in [2.05, 4.69) is 57.2 Å². The van der Waals surface area contributed by atoms with E-state index in [1.807, 2.05) is 0 Å². The molecule has 0 amide bonds. The van der Waals surface area contributed by atoms with Gasteiger partial charge in [-0.2, -0.15) is 0 Å². The summed E-state index contributed by atoms with van der Waals surface area (Å²) in [7, 11) is 0. The van der Waals surface area contributed by atoms with Crippen LogP contribution in [0, 0.1) is 0 Å². The normalized spacial score (nSPS) is 12.2. The molecule has 0 rings (SSSR count). The highest BCUT2D eigenvalue weighted by Crippen LogP contribution is 2.19. The van der Waals surface area contributed by atoms with Gasteiger partial charge in [0.25, 0.3) is 0 Å². The highest BCUT2D eigenvalue weighted by Gasteiger charge is 2.19. The second-order valence-corrected chi connectivity index (χ2v) is 23.4. The molecule has 0 radical (unpaired) electrons. The number of hydrogen-bond acceptors (Lipinski definition) is 6. The fourth-order valence-electron chi connectivity index (χ4n) is 10.5. The molecular weight excluding hydrogens is 949 g/mol. The summed E-state index contributed by atoms with van der Waals surface area (Å²) in [5, 5.41) is 0.